The molecule has 0 saturated carbocycles. The largest absolute Gasteiger partial charge is 0.393 e. The summed E-state index contributed by atoms with van der Waals surface area (Å²) in [5.74, 6) is -10.4. The van der Waals surface area contributed by atoms with E-state index in [1.165, 1.54) is 0 Å². The second-order valence-electron chi connectivity index (χ2n) is 3.25. The van der Waals surface area contributed by atoms with E-state index in [4.69, 9.17) is 25.5 Å². The molecule has 0 saturated heterocycles. The van der Waals surface area contributed by atoms with Crippen LogP contribution in [0.4, 0.5) is 0 Å². The van der Waals surface area contributed by atoms with Gasteiger partial charge in [0.2, 0.25) is 5.78 Å². The Kier molecular flexibility index (Phi) is 5.48. The Bertz CT molecular complexity index is 320. The molecule has 7 N–H and O–H groups in total. The summed E-state index contributed by atoms with van der Waals surface area (Å²) in [5.41, 5.74) is 4.58. The van der Waals surface area contributed by atoms with Crippen molar-refractivity contribution in [2.45, 2.75) is 12.0 Å². The molecule has 0 aromatic rings. The molecule has 98 valence electrons. The fourth-order valence-electron chi connectivity index (χ4n) is 1.02. The minimum Gasteiger partial charge on any atom is -0.393 e. The number of carbonyl (C=O) groups excluding carboxylic acids is 3. The molecule has 0 aliphatic carbocycles. The van der Waals surface area contributed by atoms with Crippen molar-refractivity contribution >= 4 is 17.3 Å². The number of nitrogens with two attached hydrogens (primary N) is 1. The van der Waals surface area contributed by atoms with Crippen molar-refractivity contribution in [3.8, 4) is 0 Å². The van der Waals surface area contributed by atoms with Crippen molar-refractivity contribution in [1.29, 1.82) is 0 Å². The summed E-state index contributed by atoms with van der Waals surface area (Å²) in [5, 5.41) is 43.5. The van der Waals surface area contributed by atoms with E-state index < -0.39 is 48.5 Å². The first kappa shape index (κ1) is 15.8. The van der Waals surface area contributed by atoms with Crippen LogP contribution in [0.15, 0.2) is 0 Å². The number of hydrogen-bond acceptors (Lipinski definition) is 9. The van der Waals surface area contributed by atoms with Gasteiger partial charge in [-0.3, -0.25) is 20.1 Å². The van der Waals surface area contributed by atoms with Crippen molar-refractivity contribution in [3.63, 3.8) is 0 Å². The molecule has 0 heterocycles. The van der Waals surface area contributed by atoms with Gasteiger partial charge in [0.05, 0.1) is 6.61 Å². The van der Waals surface area contributed by atoms with Crippen LogP contribution < -0.4 is 5.73 Å². The van der Waals surface area contributed by atoms with Gasteiger partial charge >= 0.3 is 0 Å². The van der Waals surface area contributed by atoms with E-state index in [2.05, 4.69) is 5.73 Å². The predicted molar refractivity (Wildman–Crippen MR) is 50.0 cm³/mol. The summed E-state index contributed by atoms with van der Waals surface area (Å²) >= 11 is 0. The fraction of sp³-hybridized carbons (Fsp3) is 0.625. The molecule has 9 heteroatoms. The second-order valence-corrected chi connectivity index (χ2v) is 3.25. The van der Waals surface area contributed by atoms with E-state index in [1.807, 2.05) is 0 Å². The number of aliphatic hydroxyl groups excluding tert-OH is 3. The molecule has 0 radical (unpaired) electrons. The zero-order chi connectivity index (χ0) is 13.8. The monoisotopic (exact) mass is 251 g/mol. The van der Waals surface area contributed by atoms with Gasteiger partial charge in [0.15, 0.2) is 11.6 Å². The summed E-state index contributed by atoms with van der Waals surface area (Å²) in [4.78, 5) is 33.7. The van der Waals surface area contributed by atoms with Gasteiger partial charge in [0, 0.05) is 0 Å². The summed E-state index contributed by atoms with van der Waals surface area (Å²) in [6.07, 6.45) is -2.07. The smallest absolute Gasteiger partial charge is 0.283 e. The lowest BCUT2D eigenvalue weighted by Gasteiger charge is -2.21. The Hall–Kier alpha value is -1.23. The van der Waals surface area contributed by atoms with Crippen LogP contribution >= 0.6 is 0 Å². The molecule has 2 unspecified atom stereocenters. The van der Waals surface area contributed by atoms with E-state index in [-0.39, 0.29) is 0 Å². The molecule has 9 nitrogen and oxygen atoms in total. The van der Waals surface area contributed by atoms with Gasteiger partial charge in [-0.25, -0.2) is 0 Å². The molecule has 0 bridgehead atoms. The Balaban J connectivity index is 5.23. The molecule has 2 atom stereocenters. The van der Waals surface area contributed by atoms with E-state index >= 15 is 0 Å². The third-order valence-corrected chi connectivity index (χ3v) is 1.89. The highest BCUT2D eigenvalue weighted by molar-refractivity contribution is 6.22. The van der Waals surface area contributed by atoms with Gasteiger partial charge in [-0.1, -0.05) is 0 Å². The first-order chi connectivity index (χ1) is 7.66. The van der Waals surface area contributed by atoms with Gasteiger partial charge in [0.25, 0.3) is 5.91 Å². The van der Waals surface area contributed by atoms with E-state index in [0.717, 1.165) is 0 Å². The highest BCUT2D eigenvalue weighted by atomic mass is 16.5. The van der Waals surface area contributed by atoms with Crippen LogP contribution in [-0.2, 0) is 14.4 Å². The van der Waals surface area contributed by atoms with Gasteiger partial charge < -0.3 is 25.5 Å². The van der Waals surface area contributed by atoms with Gasteiger partial charge in [0.1, 0.15) is 18.6 Å². The molecule has 0 aromatic carbocycles. The van der Waals surface area contributed by atoms with Crippen molar-refractivity contribution in [2.75, 3.05) is 13.2 Å². The number of Topliss-reactive ketones (excluding diaryl/α,β-unsaturated/α-hetero) is 3. The molecule has 0 aliphatic rings. The SMILES string of the molecule is NC(O)(O)C(=O)C(C(=O)CO)C(=O)C(O)CO. The Morgan fingerprint density at radius 3 is 1.94 bits per heavy atom. The third-order valence-electron chi connectivity index (χ3n) is 1.89. The molecular formula is C8H13NO8. The molecule has 0 rings (SSSR count). The Morgan fingerprint density at radius 2 is 1.65 bits per heavy atom. The molecule has 0 fully saturated rings. The fourth-order valence-corrected chi connectivity index (χ4v) is 1.02. The first-order valence-corrected chi connectivity index (χ1v) is 4.41. The zero-order valence-electron chi connectivity index (χ0n) is 8.61. The lowest BCUT2D eigenvalue weighted by Crippen LogP contribution is -2.56. The minimum absolute atomic E-state index is 1.07. The molecule has 0 amide bonds. The molecule has 0 spiro atoms. The van der Waals surface area contributed by atoms with Crippen LogP contribution in [-0.4, -0.2) is 68.1 Å². The van der Waals surface area contributed by atoms with Gasteiger partial charge in [-0.2, -0.15) is 0 Å². The molecule has 0 aromatic heterocycles. The van der Waals surface area contributed by atoms with Crippen molar-refractivity contribution < 1.29 is 39.9 Å². The second kappa shape index (κ2) is 5.91. The number of rotatable bonds is 7. The van der Waals surface area contributed by atoms with Gasteiger partial charge in [-0.05, 0) is 0 Å². The van der Waals surface area contributed by atoms with Crippen LogP contribution in [0, 0.1) is 5.92 Å². The summed E-state index contributed by atoms with van der Waals surface area (Å²) < 4.78 is 0. The highest BCUT2D eigenvalue weighted by Gasteiger charge is 2.44. The quantitative estimate of drug-likeness (QED) is 0.191. The maximum absolute atomic E-state index is 11.3. The van der Waals surface area contributed by atoms with Crippen LogP contribution in [0.3, 0.4) is 0 Å². The van der Waals surface area contributed by atoms with Crippen LogP contribution in [0.25, 0.3) is 0 Å². The van der Waals surface area contributed by atoms with Crippen molar-refractivity contribution in [3.05, 3.63) is 0 Å². The Labute approximate surface area is 95.1 Å². The maximum atomic E-state index is 11.3. The lowest BCUT2D eigenvalue weighted by atomic mass is 9.89. The van der Waals surface area contributed by atoms with Crippen molar-refractivity contribution in [1.82, 2.24) is 0 Å². The van der Waals surface area contributed by atoms with E-state index in [0.29, 0.717) is 0 Å². The summed E-state index contributed by atoms with van der Waals surface area (Å²) in [7, 11) is 0. The predicted octanol–water partition coefficient (Wildman–Crippen LogP) is -4.75. The normalized spacial score (nSPS) is 15.2. The lowest BCUT2D eigenvalue weighted by molar-refractivity contribution is -0.187. The van der Waals surface area contributed by atoms with Crippen LogP contribution in [0.5, 0.6) is 0 Å². The molecule has 0 aliphatic heterocycles. The number of carbonyl (C=O) groups is 3. The minimum atomic E-state index is -3.46. The first-order valence-electron chi connectivity index (χ1n) is 4.41. The molecule has 17 heavy (non-hydrogen) atoms. The van der Waals surface area contributed by atoms with E-state index in [1.54, 1.807) is 0 Å². The standard InChI is InChI=1S/C8H13NO8/c9-8(16,17)7(15)5(3(12)1-10)6(14)4(13)2-11/h4-5,10-11,13,16-17H,1-2,9H2. The summed E-state index contributed by atoms with van der Waals surface area (Å²) in [6, 6.07) is 0. The average Bonchev–Trinajstić information content (AvgIpc) is 2.26. The third kappa shape index (κ3) is 3.93. The topological polar surface area (TPSA) is 178 Å². The van der Waals surface area contributed by atoms with Crippen molar-refractivity contribution in [2.24, 2.45) is 11.7 Å². The van der Waals surface area contributed by atoms with Gasteiger partial charge in [-0.15, -0.1) is 0 Å². The Morgan fingerprint density at radius 1 is 1.18 bits per heavy atom. The van der Waals surface area contributed by atoms with E-state index in [9.17, 15) is 14.4 Å². The van der Waals surface area contributed by atoms with Crippen LogP contribution in [0.2, 0.25) is 0 Å². The summed E-state index contributed by atoms with van der Waals surface area (Å²) in [6.45, 7) is -2.31. The maximum Gasteiger partial charge on any atom is 0.283 e. The number of hydrogen-bond donors (Lipinski definition) is 6. The molecular weight excluding hydrogens is 238 g/mol. The average molecular weight is 251 g/mol. The number of aliphatic hydroxyl groups is 5. The number of ketones is 3. The zero-order valence-corrected chi connectivity index (χ0v) is 8.61. The highest BCUT2D eigenvalue weighted by Crippen LogP contribution is 2.11. The van der Waals surface area contributed by atoms with Crippen LogP contribution in [0.1, 0.15) is 0 Å².